The maximum absolute atomic E-state index is 8.79. The average Bonchev–Trinajstić information content (AvgIpc) is 2.17. The quantitative estimate of drug-likeness (QED) is 0.619. The van der Waals surface area contributed by atoms with Gasteiger partial charge in [-0.3, -0.25) is 0 Å². The van der Waals surface area contributed by atoms with Crippen LogP contribution < -0.4 is 0 Å². The number of aliphatic hydroxyl groups is 1. The topological polar surface area (TPSA) is 29.5 Å². The van der Waals surface area contributed by atoms with Gasteiger partial charge in [0.25, 0.3) is 0 Å². The van der Waals surface area contributed by atoms with Gasteiger partial charge in [0.1, 0.15) is 0 Å². The van der Waals surface area contributed by atoms with Crippen LogP contribution in [0.25, 0.3) is 0 Å². The third-order valence-corrected chi connectivity index (χ3v) is 2.19. The second-order valence-corrected chi connectivity index (χ2v) is 3.44. The van der Waals surface area contributed by atoms with E-state index >= 15 is 0 Å². The molecule has 0 spiro atoms. The highest BCUT2D eigenvalue weighted by molar-refractivity contribution is 4.98. The minimum atomic E-state index is 0.157. The third kappa shape index (κ3) is 6.79. The van der Waals surface area contributed by atoms with Crippen LogP contribution >= 0.6 is 0 Å². The van der Waals surface area contributed by atoms with Crippen LogP contribution in [0.3, 0.4) is 0 Å². The lowest BCUT2D eigenvalue weighted by Crippen LogP contribution is -2.09. The molecule has 0 aliphatic carbocycles. The van der Waals surface area contributed by atoms with Gasteiger partial charge in [-0.2, -0.15) is 0 Å². The van der Waals surface area contributed by atoms with Crippen LogP contribution in [-0.4, -0.2) is 24.9 Å². The van der Waals surface area contributed by atoms with E-state index in [0.717, 1.165) is 18.4 Å². The standard InChI is InChI=1S/C11H22O2/c1-4-5-6-11(13-3)8-7-10(2)9-12/h7,11-12H,4-6,8-9H2,1-3H3/b10-7+. The summed E-state index contributed by atoms with van der Waals surface area (Å²) in [5.41, 5.74) is 1.03. The Kier molecular flexibility index (Phi) is 8.05. The van der Waals surface area contributed by atoms with Crippen LogP contribution in [0.15, 0.2) is 11.6 Å². The first-order valence-electron chi connectivity index (χ1n) is 5.03. The predicted molar refractivity (Wildman–Crippen MR) is 55.8 cm³/mol. The Morgan fingerprint density at radius 2 is 2.23 bits per heavy atom. The summed E-state index contributed by atoms with van der Waals surface area (Å²) in [5.74, 6) is 0. The fourth-order valence-corrected chi connectivity index (χ4v) is 1.16. The normalized spacial score (nSPS) is 14.6. The Morgan fingerprint density at radius 1 is 1.54 bits per heavy atom. The van der Waals surface area contributed by atoms with E-state index in [1.54, 1.807) is 7.11 Å². The van der Waals surface area contributed by atoms with E-state index in [4.69, 9.17) is 9.84 Å². The first-order chi connectivity index (χ1) is 6.24. The maximum atomic E-state index is 8.79. The van der Waals surface area contributed by atoms with Crippen molar-refractivity contribution >= 4 is 0 Å². The van der Waals surface area contributed by atoms with E-state index in [2.05, 4.69) is 13.0 Å². The van der Waals surface area contributed by atoms with Gasteiger partial charge < -0.3 is 9.84 Å². The summed E-state index contributed by atoms with van der Waals surface area (Å²) in [6, 6.07) is 0. The zero-order valence-electron chi connectivity index (χ0n) is 9.05. The summed E-state index contributed by atoms with van der Waals surface area (Å²) >= 11 is 0. The van der Waals surface area contributed by atoms with Crippen LogP contribution in [-0.2, 0) is 4.74 Å². The molecule has 0 rings (SSSR count). The number of rotatable bonds is 7. The summed E-state index contributed by atoms with van der Waals surface area (Å²) in [4.78, 5) is 0. The van der Waals surface area contributed by atoms with Crippen molar-refractivity contribution in [3.63, 3.8) is 0 Å². The summed E-state index contributed by atoms with van der Waals surface area (Å²) in [6.45, 7) is 4.28. The van der Waals surface area contributed by atoms with E-state index in [1.165, 1.54) is 12.8 Å². The Bertz CT molecular complexity index is 141. The molecule has 0 radical (unpaired) electrons. The van der Waals surface area contributed by atoms with E-state index < -0.39 is 0 Å². The molecule has 1 unspecified atom stereocenters. The molecule has 2 nitrogen and oxygen atoms in total. The Balaban J connectivity index is 3.70. The van der Waals surface area contributed by atoms with Gasteiger partial charge in [0.2, 0.25) is 0 Å². The van der Waals surface area contributed by atoms with Gasteiger partial charge in [0.15, 0.2) is 0 Å². The average molecular weight is 186 g/mol. The number of unbranched alkanes of at least 4 members (excludes halogenated alkanes) is 1. The first-order valence-corrected chi connectivity index (χ1v) is 5.03. The first kappa shape index (κ1) is 12.7. The number of methoxy groups -OCH3 is 1. The van der Waals surface area contributed by atoms with Crippen molar-refractivity contribution in [2.75, 3.05) is 13.7 Å². The van der Waals surface area contributed by atoms with E-state index in [0.29, 0.717) is 6.10 Å². The molecule has 0 aliphatic heterocycles. The highest BCUT2D eigenvalue weighted by Crippen LogP contribution is 2.09. The molecular formula is C11H22O2. The van der Waals surface area contributed by atoms with Crippen molar-refractivity contribution in [2.24, 2.45) is 0 Å². The predicted octanol–water partition coefficient (Wildman–Crippen LogP) is 2.52. The molecule has 0 amide bonds. The molecule has 0 aromatic heterocycles. The SMILES string of the molecule is CCCCC(C/C=C(\C)CO)OC. The molecular weight excluding hydrogens is 164 g/mol. The van der Waals surface area contributed by atoms with Crippen LogP contribution in [0.4, 0.5) is 0 Å². The van der Waals surface area contributed by atoms with E-state index in [-0.39, 0.29) is 6.61 Å². The minimum Gasteiger partial charge on any atom is -0.392 e. The summed E-state index contributed by atoms with van der Waals surface area (Å²) in [5, 5.41) is 8.79. The molecule has 0 saturated heterocycles. The molecule has 0 saturated carbocycles. The van der Waals surface area contributed by atoms with Gasteiger partial charge in [0.05, 0.1) is 12.7 Å². The van der Waals surface area contributed by atoms with Crippen molar-refractivity contribution < 1.29 is 9.84 Å². The highest BCUT2D eigenvalue weighted by Gasteiger charge is 2.03. The number of aliphatic hydroxyl groups excluding tert-OH is 1. The number of ether oxygens (including phenoxy) is 1. The minimum absolute atomic E-state index is 0.157. The van der Waals surface area contributed by atoms with Crippen LogP contribution in [0, 0.1) is 0 Å². The molecule has 78 valence electrons. The van der Waals surface area contributed by atoms with Crippen molar-refractivity contribution in [3.8, 4) is 0 Å². The van der Waals surface area contributed by atoms with Gasteiger partial charge in [-0.1, -0.05) is 31.4 Å². The summed E-state index contributed by atoms with van der Waals surface area (Å²) in [7, 11) is 1.75. The largest absolute Gasteiger partial charge is 0.392 e. The fourth-order valence-electron chi connectivity index (χ4n) is 1.16. The van der Waals surface area contributed by atoms with Gasteiger partial charge >= 0.3 is 0 Å². The maximum Gasteiger partial charge on any atom is 0.0639 e. The molecule has 0 aromatic rings. The molecule has 1 N–H and O–H groups in total. The van der Waals surface area contributed by atoms with Gasteiger partial charge in [-0.15, -0.1) is 0 Å². The Morgan fingerprint density at radius 3 is 2.69 bits per heavy atom. The Hall–Kier alpha value is -0.340. The third-order valence-electron chi connectivity index (χ3n) is 2.19. The van der Waals surface area contributed by atoms with Crippen molar-refractivity contribution in [2.45, 2.75) is 45.6 Å². The zero-order valence-corrected chi connectivity index (χ0v) is 9.05. The van der Waals surface area contributed by atoms with Gasteiger partial charge in [0, 0.05) is 7.11 Å². The number of hydrogen-bond acceptors (Lipinski definition) is 2. The zero-order chi connectivity index (χ0) is 10.1. The molecule has 0 heterocycles. The smallest absolute Gasteiger partial charge is 0.0639 e. The summed E-state index contributed by atoms with van der Waals surface area (Å²) in [6.07, 6.45) is 6.84. The van der Waals surface area contributed by atoms with Crippen molar-refractivity contribution in [3.05, 3.63) is 11.6 Å². The molecule has 0 aromatic carbocycles. The van der Waals surface area contributed by atoms with Crippen LogP contribution in [0.5, 0.6) is 0 Å². The molecule has 13 heavy (non-hydrogen) atoms. The van der Waals surface area contributed by atoms with Crippen molar-refractivity contribution in [1.29, 1.82) is 0 Å². The second-order valence-electron chi connectivity index (χ2n) is 3.44. The lowest BCUT2D eigenvalue weighted by Gasteiger charge is -2.12. The molecule has 2 heteroatoms. The van der Waals surface area contributed by atoms with Gasteiger partial charge in [-0.25, -0.2) is 0 Å². The van der Waals surface area contributed by atoms with E-state index in [9.17, 15) is 0 Å². The van der Waals surface area contributed by atoms with Crippen LogP contribution in [0.2, 0.25) is 0 Å². The fraction of sp³-hybridized carbons (Fsp3) is 0.818. The number of hydrogen-bond donors (Lipinski definition) is 1. The highest BCUT2D eigenvalue weighted by atomic mass is 16.5. The second kappa shape index (κ2) is 8.27. The molecule has 0 fully saturated rings. The molecule has 1 atom stereocenters. The monoisotopic (exact) mass is 186 g/mol. The lowest BCUT2D eigenvalue weighted by molar-refractivity contribution is 0.0954. The Labute approximate surface area is 81.6 Å². The van der Waals surface area contributed by atoms with Gasteiger partial charge in [-0.05, 0) is 19.8 Å². The van der Waals surface area contributed by atoms with Crippen molar-refractivity contribution in [1.82, 2.24) is 0 Å². The lowest BCUT2D eigenvalue weighted by atomic mass is 10.1. The van der Waals surface area contributed by atoms with E-state index in [1.807, 2.05) is 6.92 Å². The molecule has 0 aliphatic rings. The summed E-state index contributed by atoms with van der Waals surface area (Å²) < 4.78 is 5.32. The molecule has 0 bridgehead atoms. The van der Waals surface area contributed by atoms with Crippen LogP contribution in [0.1, 0.15) is 39.5 Å².